The Bertz CT molecular complexity index is 292. The summed E-state index contributed by atoms with van der Waals surface area (Å²) in [7, 11) is 4.40. The van der Waals surface area contributed by atoms with Gasteiger partial charge in [-0.25, -0.2) is 0 Å². The summed E-state index contributed by atoms with van der Waals surface area (Å²) in [6.07, 6.45) is 10.9. The quantitative estimate of drug-likeness (QED) is 0.787. The molecule has 3 atom stereocenters. The van der Waals surface area contributed by atoms with Crippen molar-refractivity contribution in [2.45, 2.75) is 69.9 Å². The Morgan fingerprint density at radius 1 is 1.15 bits per heavy atom. The van der Waals surface area contributed by atoms with Crippen molar-refractivity contribution in [3.8, 4) is 0 Å². The van der Waals surface area contributed by atoms with Gasteiger partial charge in [0.1, 0.15) is 0 Å². The lowest BCUT2D eigenvalue weighted by Gasteiger charge is -2.45. The van der Waals surface area contributed by atoms with Gasteiger partial charge in [0.25, 0.3) is 0 Å². The maximum absolute atomic E-state index is 6.31. The van der Waals surface area contributed by atoms with Crippen LogP contribution < -0.4 is 5.73 Å². The molecule has 2 rings (SSSR count). The van der Waals surface area contributed by atoms with Gasteiger partial charge in [-0.1, -0.05) is 26.2 Å². The molecule has 0 aromatic carbocycles. The van der Waals surface area contributed by atoms with Gasteiger partial charge >= 0.3 is 0 Å². The molecule has 1 aliphatic heterocycles. The number of hydrogen-bond acceptors (Lipinski definition) is 3. The second-order valence-electron chi connectivity index (χ2n) is 7.39. The highest BCUT2D eigenvalue weighted by molar-refractivity contribution is 4.99. The highest BCUT2D eigenvalue weighted by atomic mass is 15.3. The summed E-state index contributed by atoms with van der Waals surface area (Å²) < 4.78 is 0. The van der Waals surface area contributed by atoms with Crippen molar-refractivity contribution in [3.63, 3.8) is 0 Å². The number of nitrogens with zero attached hydrogens (tertiary/aromatic N) is 2. The second-order valence-corrected chi connectivity index (χ2v) is 7.39. The smallest absolute Gasteiger partial charge is 0.0335 e. The van der Waals surface area contributed by atoms with Crippen molar-refractivity contribution < 1.29 is 0 Å². The normalized spacial score (nSPS) is 36.5. The predicted molar refractivity (Wildman–Crippen MR) is 86.9 cm³/mol. The van der Waals surface area contributed by atoms with E-state index >= 15 is 0 Å². The molecule has 2 aliphatic rings. The summed E-state index contributed by atoms with van der Waals surface area (Å²) in [5.74, 6) is 0.943. The Kier molecular flexibility index (Phi) is 5.88. The molecule has 20 heavy (non-hydrogen) atoms. The second kappa shape index (κ2) is 7.24. The van der Waals surface area contributed by atoms with Gasteiger partial charge < -0.3 is 10.6 Å². The van der Waals surface area contributed by atoms with Crippen molar-refractivity contribution in [3.05, 3.63) is 0 Å². The van der Waals surface area contributed by atoms with E-state index in [4.69, 9.17) is 5.73 Å². The topological polar surface area (TPSA) is 32.5 Å². The van der Waals surface area contributed by atoms with Gasteiger partial charge in [-0.3, -0.25) is 4.90 Å². The Morgan fingerprint density at radius 2 is 1.95 bits per heavy atom. The molecule has 118 valence electrons. The molecule has 1 heterocycles. The zero-order valence-electron chi connectivity index (χ0n) is 13.9. The van der Waals surface area contributed by atoms with Crippen LogP contribution in [0.1, 0.15) is 58.3 Å². The standard InChI is InChI=1S/C17H35N3/c1-4-15-7-5-10-17(14-18,11-9-15)20-12-6-8-16(20)13-19(2)3/h15-16H,4-14,18H2,1-3H3. The molecule has 0 bridgehead atoms. The fourth-order valence-electron chi connectivity index (χ4n) is 4.55. The summed E-state index contributed by atoms with van der Waals surface area (Å²) in [5, 5.41) is 0. The van der Waals surface area contributed by atoms with Crippen LogP contribution >= 0.6 is 0 Å². The molecule has 2 fully saturated rings. The number of nitrogens with two attached hydrogens (primary N) is 1. The molecular weight excluding hydrogens is 246 g/mol. The van der Waals surface area contributed by atoms with Crippen LogP contribution in [0.15, 0.2) is 0 Å². The van der Waals surface area contributed by atoms with Crippen LogP contribution in [0.2, 0.25) is 0 Å². The van der Waals surface area contributed by atoms with Crippen LogP contribution in [0.4, 0.5) is 0 Å². The van der Waals surface area contributed by atoms with E-state index in [2.05, 4.69) is 30.8 Å². The Labute approximate surface area is 125 Å². The third-order valence-corrected chi connectivity index (χ3v) is 5.79. The minimum Gasteiger partial charge on any atom is -0.329 e. The molecule has 3 unspecified atom stereocenters. The number of rotatable bonds is 5. The Morgan fingerprint density at radius 3 is 2.60 bits per heavy atom. The minimum absolute atomic E-state index is 0.307. The number of hydrogen-bond donors (Lipinski definition) is 1. The lowest BCUT2D eigenvalue weighted by Crippen LogP contribution is -2.57. The Balaban J connectivity index is 2.08. The first-order valence-electron chi connectivity index (χ1n) is 8.73. The molecule has 0 amide bonds. The van der Waals surface area contributed by atoms with Gasteiger partial charge in [-0.2, -0.15) is 0 Å². The first-order valence-corrected chi connectivity index (χ1v) is 8.73. The van der Waals surface area contributed by atoms with E-state index in [9.17, 15) is 0 Å². The van der Waals surface area contributed by atoms with Gasteiger partial charge in [-0.15, -0.1) is 0 Å². The third-order valence-electron chi connectivity index (χ3n) is 5.79. The zero-order valence-corrected chi connectivity index (χ0v) is 13.9. The molecule has 3 heteroatoms. The van der Waals surface area contributed by atoms with Crippen molar-refractivity contribution in [2.24, 2.45) is 11.7 Å². The van der Waals surface area contributed by atoms with Gasteiger partial charge in [0, 0.05) is 24.7 Å². The maximum atomic E-state index is 6.31. The SMILES string of the molecule is CCC1CCCC(CN)(N2CCCC2CN(C)C)CC1. The van der Waals surface area contributed by atoms with E-state index in [0.717, 1.165) is 18.5 Å². The zero-order chi connectivity index (χ0) is 14.6. The maximum Gasteiger partial charge on any atom is 0.0335 e. The predicted octanol–water partition coefficient (Wildman–Crippen LogP) is 2.70. The lowest BCUT2D eigenvalue weighted by molar-refractivity contribution is 0.0535. The van der Waals surface area contributed by atoms with E-state index < -0.39 is 0 Å². The van der Waals surface area contributed by atoms with Crippen LogP contribution in [0.25, 0.3) is 0 Å². The van der Waals surface area contributed by atoms with E-state index in [0.29, 0.717) is 5.54 Å². The van der Waals surface area contributed by atoms with Crippen molar-refractivity contribution in [2.75, 3.05) is 33.7 Å². The average molecular weight is 281 g/mol. The first-order chi connectivity index (χ1) is 9.61. The summed E-state index contributed by atoms with van der Waals surface area (Å²) in [6.45, 7) is 5.67. The van der Waals surface area contributed by atoms with Crippen LogP contribution in [-0.2, 0) is 0 Å². The number of likely N-dealkylation sites (tertiary alicyclic amines) is 1. The molecule has 1 aliphatic carbocycles. The molecule has 0 radical (unpaired) electrons. The monoisotopic (exact) mass is 281 g/mol. The van der Waals surface area contributed by atoms with Gasteiger partial charge in [0.15, 0.2) is 0 Å². The van der Waals surface area contributed by atoms with Gasteiger partial charge in [0.05, 0.1) is 0 Å². The molecular formula is C17H35N3. The van der Waals surface area contributed by atoms with Crippen molar-refractivity contribution >= 4 is 0 Å². The highest BCUT2D eigenvalue weighted by Crippen LogP contribution is 2.39. The van der Waals surface area contributed by atoms with Crippen molar-refractivity contribution in [1.29, 1.82) is 0 Å². The van der Waals surface area contributed by atoms with E-state index in [1.807, 2.05) is 0 Å². The first kappa shape index (κ1) is 16.3. The van der Waals surface area contributed by atoms with Gasteiger partial charge in [-0.05, 0) is 58.7 Å². The van der Waals surface area contributed by atoms with Gasteiger partial charge in [0.2, 0.25) is 0 Å². The van der Waals surface area contributed by atoms with Crippen LogP contribution in [0, 0.1) is 5.92 Å². The summed E-state index contributed by atoms with van der Waals surface area (Å²) in [4.78, 5) is 5.16. The average Bonchev–Trinajstić information content (AvgIpc) is 2.77. The van der Waals surface area contributed by atoms with E-state index in [1.165, 1.54) is 64.5 Å². The lowest BCUT2D eigenvalue weighted by atomic mass is 9.86. The largest absolute Gasteiger partial charge is 0.329 e. The van der Waals surface area contributed by atoms with E-state index in [-0.39, 0.29) is 0 Å². The van der Waals surface area contributed by atoms with Crippen LogP contribution in [-0.4, -0.2) is 55.1 Å². The van der Waals surface area contributed by atoms with Crippen molar-refractivity contribution in [1.82, 2.24) is 9.80 Å². The summed E-state index contributed by atoms with van der Waals surface area (Å²) >= 11 is 0. The highest BCUT2D eigenvalue weighted by Gasteiger charge is 2.42. The minimum atomic E-state index is 0.307. The van der Waals surface area contributed by atoms with E-state index in [1.54, 1.807) is 0 Å². The molecule has 1 saturated heterocycles. The molecule has 0 spiro atoms. The fraction of sp³-hybridized carbons (Fsp3) is 1.00. The third kappa shape index (κ3) is 3.55. The molecule has 0 aromatic heterocycles. The molecule has 0 aromatic rings. The summed E-state index contributed by atoms with van der Waals surface area (Å²) in [5.41, 5.74) is 6.62. The van der Waals surface area contributed by atoms with Crippen LogP contribution in [0.5, 0.6) is 0 Å². The molecule has 3 nitrogen and oxygen atoms in total. The number of likely N-dealkylation sites (N-methyl/N-ethyl adjacent to an activating group) is 1. The molecule has 1 saturated carbocycles. The van der Waals surface area contributed by atoms with Crippen LogP contribution in [0.3, 0.4) is 0 Å². The Hall–Kier alpha value is -0.120. The molecule has 2 N–H and O–H groups in total. The fourth-order valence-corrected chi connectivity index (χ4v) is 4.55. The summed E-state index contributed by atoms with van der Waals surface area (Å²) in [6, 6.07) is 0.728.